The molecule has 0 aliphatic rings. The molecule has 3 heteroatoms. The van der Waals surface area contributed by atoms with Gasteiger partial charge in [-0.2, -0.15) is 0 Å². The summed E-state index contributed by atoms with van der Waals surface area (Å²) in [5.41, 5.74) is 1.07. The Bertz CT molecular complexity index is 357. The molecule has 0 bridgehead atoms. The first kappa shape index (κ1) is 14.3. The van der Waals surface area contributed by atoms with Crippen LogP contribution in [0, 0.1) is 0 Å². The number of benzene rings is 1. The van der Waals surface area contributed by atoms with Crippen molar-refractivity contribution in [2.75, 3.05) is 13.2 Å². The first-order chi connectivity index (χ1) is 8.83. The van der Waals surface area contributed by atoms with E-state index in [4.69, 9.17) is 9.47 Å². The highest BCUT2D eigenvalue weighted by Crippen LogP contribution is 2.01. The van der Waals surface area contributed by atoms with Crippen LogP contribution in [0.5, 0.6) is 0 Å². The van der Waals surface area contributed by atoms with E-state index >= 15 is 0 Å². The lowest BCUT2D eigenvalue weighted by Gasteiger charge is -2.03. The van der Waals surface area contributed by atoms with Crippen molar-refractivity contribution in [2.24, 2.45) is 0 Å². The van der Waals surface area contributed by atoms with E-state index in [1.807, 2.05) is 36.4 Å². The number of hydrogen-bond donors (Lipinski definition) is 0. The van der Waals surface area contributed by atoms with E-state index in [2.05, 4.69) is 6.92 Å². The van der Waals surface area contributed by atoms with Gasteiger partial charge in [-0.1, -0.05) is 43.7 Å². The van der Waals surface area contributed by atoms with Crippen molar-refractivity contribution in [3.05, 3.63) is 42.2 Å². The second-order valence-electron chi connectivity index (χ2n) is 3.91. The summed E-state index contributed by atoms with van der Waals surface area (Å²) in [4.78, 5) is 11.2. The minimum Gasteiger partial charge on any atom is -0.501 e. The third-order valence-electron chi connectivity index (χ3n) is 2.34. The molecule has 0 aliphatic carbocycles. The zero-order chi connectivity index (χ0) is 13.1. The molecule has 0 aliphatic heterocycles. The maximum atomic E-state index is 11.2. The molecule has 0 amide bonds. The summed E-state index contributed by atoms with van der Waals surface area (Å²) in [5.74, 6) is -0.198. The molecule has 1 aromatic carbocycles. The Balaban J connectivity index is 2.08. The molecular weight excluding hydrogens is 228 g/mol. The van der Waals surface area contributed by atoms with Crippen molar-refractivity contribution >= 4 is 12.0 Å². The van der Waals surface area contributed by atoms with Crippen LogP contribution >= 0.6 is 0 Å². The van der Waals surface area contributed by atoms with E-state index in [1.165, 1.54) is 0 Å². The molecule has 0 heterocycles. The molecule has 0 spiro atoms. The zero-order valence-electron chi connectivity index (χ0n) is 10.8. The predicted molar refractivity (Wildman–Crippen MR) is 71.9 cm³/mol. The van der Waals surface area contributed by atoms with Crippen molar-refractivity contribution in [1.82, 2.24) is 0 Å². The lowest BCUT2D eigenvalue weighted by molar-refractivity contribution is -0.144. The van der Waals surface area contributed by atoms with Gasteiger partial charge in [-0.25, -0.2) is 0 Å². The van der Waals surface area contributed by atoms with Gasteiger partial charge < -0.3 is 9.47 Å². The number of carbonyl (C=O) groups is 1. The van der Waals surface area contributed by atoms with Gasteiger partial charge in [-0.15, -0.1) is 0 Å². The maximum absolute atomic E-state index is 11.2. The van der Waals surface area contributed by atoms with Gasteiger partial charge >= 0.3 is 5.97 Å². The van der Waals surface area contributed by atoms with Crippen molar-refractivity contribution in [3.8, 4) is 0 Å². The third kappa shape index (κ3) is 6.74. The minimum atomic E-state index is -0.198. The number of rotatable bonds is 8. The molecule has 0 unspecified atom stereocenters. The summed E-state index contributed by atoms with van der Waals surface area (Å²) in [6.07, 6.45) is 5.71. The van der Waals surface area contributed by atoms with Gasteiger partial charge in [0.15, 0.2) is 0 Å². The second kappa shape index (κ2) is 9.28. The average Bonchev–Trinajstić information content (AvgIpc) is 2.40. The Morgan fingerprint density at radius 2 is 2.00 bits per heavy atom. The smallest absolute Gasteiger partial charge is 0.309 e. The number of ether oxygens (including phenoxy) is 2. The van der Waals surface area contributed by atoms with Crippen LogP contribution in [0.3, 0.4) is 0 Å². The van der Waals surface area contributed by atoms with E-state index in [-0.39, 0.29) is 5.97 Å². The van der Waals surface area contributed by atoms with Gasteiger partial charge in [-0.3, -0.25) is 4.79 Å². The molecular formula is C15H20O3. The van der Waals surface area contributed by atoms with Gasteiger partial charge in [0.2, 0.25) is 0 Å². The van der Waals surface area contributed by atoms with Gasteiger partial charge in [0.1, 0.15) is 0 Å². The van der Waals surface area contributed by atoms with Crippen LogP contribution in [0.4, 0.5) is 0 Å². The van der Waals surface area contributed by atoms with Gasteiger partial charge in [0, 0.05) is 0 Å². The highest BCUT2D eigenvalue weighted by molar-refractivity contribution is 5.69. The number of carbonyl (C=O) groups excluding carboxylic acids is 1. The van der Waals surface area contributed by atoms with Gasteiger partial charge in [0.25, 0.3) is 0 Å². The molecule has 98 valence electrons. The first-order valence-corrected chi connectivity index (χ1v) is 6.31. The number of unbranched alkanes of at least 4 members (excludes halogenated alkanes) is 1. The van der Waals surface area contributed by atoms with Crippen molar-refractivity contribution in [2.45, 2.75) is 26.2 Å². The SMILES string of the molecule is CCCCOC(=O)CCOC=Cc1ccccc1. The Morgan fingerprint density at radius 3 is 2.72 bits per heavy atom. The molecule has 0 atom stereocenters. The van der Waals surface area contributed by atoms with Crippen molar-refractivity contribution < 1.29 is 14.3 Å². The molecule has 0 radical (unpaired) electrons. The maximum Gasteiger partial charge on any atom is 0.309 e. The Labute approximate surface area is 108 Å². The van der Waals surface area contributed by atoms with Crippen LogP contribution in [0.2, 0.25) is 0 Å². The summed E-state index contributed by atoms with van der Waals surface area (Å²) in [6.45, 7) is 2.93. The fraction of sp³-hybridized carbons (Fsp3) is 0.400. The predicted octanol–water partition coefficient (Wildman–Crippen LogP) is 3.41. The molecule has 3 nitrogen and oxygen atoms in total. The van der Waals surface area contributed by atoms with E-state index in [0.29, 0.717) is 19.6 Å². The molecule has 0 saturated carbocycles. The van der Waals surface area contributed by atoms with E-state index in [9.17, 15) is 4.79 Å². The number of esters is 1. The molecule has 1 aromatic rings. The number of hydrogen-bond acceptors (Lipinski definition) is 3. The van der Waals surface area contributed by atoms with E-state index in [0.717, 1.165) is 18.4 Å². The highest BCUT2D eigenvalue weighted by Gasteiger charge is 2.01. The Hall–Kier alpha value is -1.77. The topological polar surface area (TPSA) is 35.5 Å². The zero-order valence-corrected chi connectivity index (χ0v) is 10.8. The van der Waals surface area contributed by atoms with E-state index in [1.54, 1.807) is 6.26 Å². The van der Waals surface area contributed by atoms with Crippen LogP contribution in [0.1, 0.15) is 31.7 Å². The first-order valence-electron chi connectivity index (χ1n) is 6.31. The molecule has 0 saturated heterocycles. The fourth-order valence-corrected chi connectivity index (χ4v) is 1.30. The average molecular weight is 248 g/mol. The third-order valence-corrected chi connectivity index (χ3v) is 2.34. The quantitative estimate of drug-likeness (QED) is 0.402. The summed E-state index contributed by atoms with van der Waals surface area (Å²) < 4.78 is 10.2. The van der Waals surface area contributed by atoms with Crippen LogP contribution < -0.4 is 0 Å². The van der Waals surface area contributed by atoms with Crippen LogP contribution in [0.15, 0.2) is 36.6 Å². The second-order valence-corrected chi connectivity index (χ2v) is 3.91. The standard InChI is InChI=1S/C15H20O3/c1-2-3-11-18-15(16)10-13-17-12-9-14-7-5-4-6-8-14/h4-9,12H,2-3,10-11,13H2,1H3. The lowest BCUT2D eigenvalue weighted by atomic mass is 10.2. The van der Waals surface area contributed by atoms with Crippen LogP contribution in [-0.2, 0) is 14.3 Å². The molecule has 1 rings (SSSR count). The summed E-state index contributed by atoms with van der Waals surface area (Å²) >= 11 is 0. The normalized spacial score (nSPS) is 10.5. The minimum absolute atomic E-state index is 0.198. The van der Waals surface area contributed by atoms with Gasteiger partial charge in [0.05, 0.1) is 25.9 Å². The van der Waals surface area contributed by atoms with Crippen molar-refractivity contribution in [1.29, 1.82) is 0 Å². The largest absolute Gasteiger partial charge is 0.501 e. The Morgan fingerprint density at radius 1 is 1.22 bits per heavy atom. The molecule has 0 N–H and O–H groups in total. The summed E-state index contributed by atoms with van der Waals surface area (Å²) in [7, 11) is 0. The van der Waals surface area contributed by atoms with Crippen LogP contribution in [0.25, 0.3) is 6.08 Å². The lowest BCUT2D eigenvalue weighted by Crippen LogP contribution is -2.08. The monoisotopic (exact) mass is 248 g/mol. The fourth-order valence-electron chi connectivity index (χ4n) is 1.30. The molecule has 18 heavy (non-hydrogen) atoms. The molecule has 0 aromatic heterocycles. The summed E-state index contributed by atoms with van der Waals surface area (Å²) in [6, 6.07) is 9.86. The van der Waals surface area contributed by atoms with E-state index < -0.39 is 0 Å². The highest BCUT2D eigenvalue weighted by atomic mass is 16.5. The van der Waals surface area contributed by atoms with Crippen LogP contribution in [-0.4, -0.2) is 19.2 Å². The van der Waals surface area contributed by atoms with Crippen molar-refractivity contribution in [3.63, 3.8) is 0 Å². The summed E-state index contributed by atoms with van der Waals surface area (Å²) in [5, 5.41) is 0. The molecule has 0 fully saturated rings. The Kier molecular flexibility index (Phi) is 7.37. The van der Waals surface area contributed by atoms with Gasteiger partial charge in [-0.05, 0) is 18.1 Å².